The molecule has 0 spiro atoms. The van der Waals surface area contributed by atoms with Crippen LogP contribution in [-0.4, -0.2) is 42.6 Å². The third-order valence-corrected chi connectivity index (χ3v) is 6.33. The smallest absolute Gasteiger partial charge is 0.0506 e. The van der Waals surface area contributed by atoms with Gasteiger partial charge in [0.2, 0.25) is 0 Å². The molecule has 3 nitrogen and oxygen atoms in total. The van der Waals surface area contributed by atoms with Crippen molar-refractivity contribution in [3.63, 3.8) is 0 Å². The van der Waals surface area contributed by atoms with Gasteiger partial charge in [0.1, 0.15) is 0 Å². The van der Waals surface area contributed by atoms with Crippen LogP contribution in [0.15, 0.2) is 36.4 Å². The Morgan fingerprint density at radius 1 is 0.710 bits per heavy atom. The van der Waals surface area contributed by atoms with Crippen LogP contribution in [0.3, 0.4) is 0 Å². The molecule has 0 amide bonds. The van der Waals surface area contributed by atoms with Gasteiger partial charge in [0, 0.05) is 26.2 Å². The molecule has 1 aliphatic rings. The molecule has 0 saturated carbocycles. The third-order valence-electron chi connectivity index (χ3n) is 6.33. The minimum Gasteiger partial charge on any atom is -1.00 e. The molecule has 0 aliphatic carbocycles. The molecule has 4 N–H and O–H groups in total. The van der Waals surface area contributed by atoms with Gasteiger partial charge < -0.3 is 18.6 Å². The maximum Gasteiger partial charge on any atom is 0.0506 e. The number of quaternary nitrogens is 1. The van der Waals surface area contributed by atoms with Crippen LogP contribution in [-0.2, 0) is 0 Å². The van der Waals surface area contributed by atoms with Crippen LogP contribution in [0.25, 0.3) is 0 Å². The van der Waals surface area contributed by atoms with Gasteiger partial charge in [-0.25, -0.2) is 0 Å². The molecule has 0 aromatic heterocycles. The van der Waals surface area contributed by atoms with Gasteiger partial charge in [0.15, 0.2) is 0 Å². The van der Waals surface area contributed by atoms with Crippen molar-refractivity contribution >= 4 is 0 Å². The number of rotatable bonds is 12. The second kappa shape index (κ2) is 21.2. The highest BCUT2D eigenvalue weighted by Crippen LogP contribution is 2.21. The summed E-state index contributed by atoms with van der Waals surface area (Å²) in [6.07, 6.45) is 11.0. The average molecular weight is 456 g/mol. The monoisotopic (exact) mass is 455 g/mol. The second-order valence-electron chi connectivity index (χ2n) is 9.31. The first-order valence-electron chi connectivity index (χ1n) is 12.6. The van der Waals surface area contributed by atoms with Gasteiger partial charge in [-0.05, 0) is 30.6 Å². The van der Waals surface area contributed by atoms with E-state index in [9.17, 15) is 0 Å². The lowest BCUT2D eigenvalue weighted by Crippen LogP contribution is -3.00. The first kappa shape index (κ1) is 32.6. The molecule has 1 heterocycles. The summed E-state index contributed by atoms with van der Waals surface area (Å²) < 4.78 is 0. The van der Waals surface area contributed by atoms with E-state index in [-0.39, 0.29) is 18.6 Å². The fourth-order valence-electron chi connectivity index (χ4n) is 4.55. The average Bonchev–Trinajstić information content (AvgIpc) is 2.75. The number of benzene rings is 1. The van der Waals surface area contributed by atoms with Gasteiger partial charge in [0.05, 0.1) is 6.67 Å². The van der Waals surface area contributed by atoms with Gasteiger partial charge in [0.25, 0.3) is 0 Å². The van der Waals surface area contributed by atoms with Crippen molar-refractivity contribution in [1.82, 2.24) is 16.0 Å². The quantitative estimate of drug-likeness (QED) is 0.496. The Kier molecular flexibility index (Phi) is 22.3. The number of hydrogen-bond acceptors (Lipinski definition) is 2. The number of unbranched alkanes of at least 4 members (excludes halogenated alkanes) is 2. The Labute approximate surface area is 201 Å². The highest BCUT2D eigenvalue weighted by molar-refractivity contribution is 4.99. The molecule has 1 aromatic rings. The maximum atomic E-state index is 2.75. The van der Waals surface area contributed by atoms with Crippen molar-refractivity contribution in [2.75, 3.05) is 32.8 Å². The number of halogens is 1. The van der Waals surface area contributed by atoms with Crippen molar-refractivity contribution in [2.45, 2.75) is 86.0 Å². The molecule has 4 heteroatoms. The fourth-order valence-corrected chi connectivity index (χ4v) is 4.55. The lowest BCUT2D eigenvalue weighted by atomic mass is 9.96. The van der Waals surface area contributed by atoms with Gasteiger partial charge >= 0.3 is 0 Å². The fraction of sp³-hybridized carbons (Fsp3) is 0.778. The van der Waals surface area contributed by atoms with Crippen LogP contribution in [0.4, 0.5) is 0 Å². The summed E-state index contributed by atoms with van der Waals surface area (Å²) in [7, 11) is 0. The van der Waals surface area contributed by atoms with Crippen molar-refractivity contribution in [3.05, 3.63) is 36.4 Å². The normalized spacial score (nSPS) is 18.7. The highest BCUT2D eigenvalue weighted by Gasteiger charge is 2.25. The summed E-state index contributed by atoms with van der Waals surface area (Å²) in [5.41, 5.74) is 0. The SMILES string of the molecule is CCCCC(CC)CN1CC(C)CN(CC(CC)CCCC)C1.[Cl-].[NH4+].c1ccccc1. The van der Waals surface area contributed by atoms with E-state index in [4.69, 9.17) is 0 Å². The van der Waals surface area contributed by atoms with Crippen molar-refractivity contribution in [2.24, 2.45) is 17.8 Å². The molecule has 1 fully saturated rings. The minimum absolute atomic E-state index is 0. The summed E-state index contributed by atoms with van der Waals surface area (Å²) >= 11 is 0. The van der Waals surface area contributed by atoms with E-state index in [2.05, 4.69) is 44.4 Å². The zero-order valence-electron chi connectivity index (χ0n) is 21.7. The van der Waals surface area contributed by atoms with Crippen LogP contribution >= 0.6 is 0 Å². The van der Waals surface area contributed by atoms with Crippen LogP contribution in [0.1, 0.15) is 86.0 Å². The topological polar surface area (TPSA) is 43.0 Å². The molecule has 2 atom stereocenters. The van der Waals surface area contributed by atoms with Gasteiger partial charge in [-0.3, -0.25) is 9.80 Å². The first-order chi connectivity index (χ1) is 14.1. The minimum atomic E-state index is 0. The largest absolute Gasteiger partial charge is 1.00 e. The number of hydrogen-bond donors (Lipinski definition) is 1. The first-order valence-corrected chi connectivity index (χ1v) is 12.6. The second-order valence-corrected chi connectivity index (χ2v) is 9.31. The predicted octanol–water partition coefficient (Wildman–Crippen LogP) is 4.70. The van der Waals surface area contributed by atoms with Crippen LogP contribution < -0.4 is 18.6 Å². The van der Waals surface area contributed by atoms with Gasteiger partial charge in [-0.2, -0.15) is 0 Å². The Hall–Kier alpha value is -0.610. The molecule has 2 rings (SSSR count). The summed E-state index contributed by atoms with van der Waals surface area (Å²) in [4.78, 5) is 5.51. The molecule has 184 valence electrons. The van der Waals surface area contributed by atoms with Gasteiger partial charge in [-0.1, -0.05) is 110 Å². The molecule has 31 heavy (non-hydrogen) atoms. The Morgan fingerprint density at radius 2 is 1.06 bits per heavy atom. The van der Waals surface area contributed by atoms with Crippen LogP contribution in [0, 0.1) is 17.8 Å². The molecule has 0 radical (unpaired) electrons. The molecule has 2 unspecified atom stereocenters. The molecule has 1 aliphatic heterocycles. The highest BCUT2D eigenvalue weighted by atomic mass is 35.5. The molecule has 1 saturated heterocycles. The molecular weight excluding hydrogens is 402 g/mol. The summed E-state index contributed by atoms with van der Waals surface area (Å²) in [6.45, 7) is 18.3. The zero-order valence-corrected chi connectivity index (χ0v) is 22.4. The van der Waals surface area contributed by atoms with E-state index in [1.807, 2.05) is 36.4 Å². The third kappa shape index (κ3) is 15.8. The molecular formula is C27H54ClN3. The van der Waals surface area contributed by atoms with E-state index in [0.717, 1.165) is 17.8 Å². The summed E-state index contributed by atoms with van der Waals surface area (Å²) in [5, 5.41) is 0. The Bertz CT molecular complexity index is 418. The Balaban J connectivity index is 0. The summed E-state index contributed by atoms with van der Waals surface area (Å²) in [5.74, 6) is 2.64. The van der Waals surface area contributed by atoms with E-state index in [0.29, 0.717) is 0 Å². The van der Waals surface area contributed by atoms with E-state index in [1.165, 1.54) is 84.2 Å². The maximum absolute atomic E-state index is 2.75. The zero-order chi connectivity index (χ0) is 21.3. The van der Waals surface area contributed by atoms with E-state index in [1.54, 1.807) is 0 Å². The van der Waals surface area contributed by atoms with Crippen molar-refractivity contribution in [1.29, 1.82) is 0 Å². The summed E-state index contributed by atoms with van der Waals surface area (Å²) in [6, 6.07) is 12.0. The van der Waals surface area contributed by atoms with E-state index < -0.39 is 0 Å². The van der Waals surface area contributed by atoms with Gasteiger partial charge in [-0.15, -0.1) is 0 Å². The predicted molar refractivity (Wildman–Crippen MR) is 136 cm³/mol. The van der Waals surface area contributed by atoms with Crippen LogP contribution in [0.2, 0.25) is 0 Å². The Morgan fingerprint density at radius 3 is 1.35 bits per heavy atom. The van der Waals surface area contributed by atoms with Crippen molar-refractivity contribution in [3.8, 4) is 0 Å². The lowest BCUT2D eigenvalue weighted by molar-refractivity contribution is -0.00000744. The van der Waals surface area contributed by atoms with E-state index >= 15 is 0 Å². The van der Waals surface area contributed by atoms with Crippen LogP contribution in [0.5, 0.6) is 0 Å². The lowest BCUT2D eigenvalue weighted by Gasteiger charge is -2.41. The standard InChI is InChI=1S/C21H44N2.C6H6.ClH.H3N/c1-6-10-12-20(8-3)16-22-14-19(5)15-23(18-22)17-21(9-4)13-11-7-2;1-2-4-6-5-3-1;;/h19-21H,6-18H2,1-5H3;1-6H;1H;1H3. The molecule has 1 aromatic carbocycles. The molecule has 0 bridgehead atoms. The van der Waals surface area contributed by atoms with Crippen molar-refractivity contribution < 1.29 is 12.4 Å². The number of nitrogens with zero attached hydrogens (tertiary/aromatic N) is 2.